The molecule has 5 rings (SSSR count). The van der Waals surface area contributed by atoms with Crippen LogP contribution in [-0.4, -0.2) is 24.1 Å². The summed E-state index contributed by atoms with van der Waals surface area (Å²) in [6, 6.07) is 15.1. The number of allylic oxidation sites excluding steroid dienone is 2. The molecule has 202 valence electrons. The number of carbonyl (C=O) groups excluding carboxylic acids is 1. The molecule has 0 atom stereocenters. The van der Waals surface area contributed by atoms with Crippen LogP contribution in [0.5, 0.6) is 0 Å². The highest BCUT2D eigenvalue weighted by atomic mass is 32.1. The first kappa shape index (κ1) is 27.4. The van der Waals surface area contributed by atoms with Crippen LogP contribution in [0.2, 0.25) is 0 Å². The summed E-state index contributed by atoms with van der Waals surface area (Å²) < 4.78 is 92.7. The minimum absolute atomic E-state index is 0.200. The molecular weight excluding hydrogens is 554 g/mol. The maximum absolute atomic E-state index is 15.6. The van der Waals surface area contributed by atoms with Gasteiger partial charge in [-0.2, -0.15) is 26.3 Å². The molecule has 0 unspecified atom stereocenters. The summed E-state index contributed by atoms with van der Waals surface area (Å²) in [4.78, 5) is 12.5. The lowest BCUT2D eigenvalue weighted by Gasteiger charge is -2.26. The van der Waals surface area contributed by atoms with E-state index in [4.69, 9.17) is 0 Å². The first-order valence-corrected chi connectivity index (χ1v) is 13.6. The molecule has 0 saturated heterocycles. The summed E-state index contributed by atoms with van der Waals surface area (Å²) in [6.45, 7) is 5.93. The molecule has 0 aliphatic heterocycles. The molecule has 4 aromatic rings. The van der Waals surface area contributed by atoms with Crippen molar-refractivity contribution in [3.8, 4) is 20.9 Å². The van der Waals surface area contributed by atoms with E-state index in [1.165, 1.54) is 39.8 Å². The number of aldehydes is 1. The third kappa shape index (κ3) is 3.84. The van der Waals surface area contributed by atoms with Gasteiger partial charge >= 0.3 is 17.8 Å². The van der Waals surface area contributed by atoms with Crippen molar-refractivity contribution in [1.29, 1.82) is 0 Å². The van der Waals surface area contributed by atoms with Crippen molar-refractivity contribution < 1.29 is 31.1 Å². The van der Waals surface area contributed by atoms with Gasteiger partial charge in [0.25, 0.3) is 0 Å². The van der Waals surface area contributed by atoms with E-state index in [2.05, 4.69) is 0 Å². The average molecular weight is 577 g/mol. The summed E-state index contributed by atoms with van der Waals surface area (Å²) in [5.74, 6) is -15.9. The zero-order valence-electron chi connectivity index (χ0n) is 21.3. The minimum atomic E-state index is -5.63. The zero-order valence-corrected chi connectivity index (χ0v) is 22.9. The lowest BCUT2D eigenvalue weighted by molar-refractivity contribution is -0.254. The molecule has 1 nitrogen and oxygen atoms in total. The minimum Gasteiger partial charge on any atom is -0.298 e. The van der Waals surface area contributed by atoms with Crippen molar-refractivity contribution in [3.63, 3.8) is 0 Å². The van der Waals surface area contributed by atoms with E-state index in [9.17, 15) is 4.79 Å². The number of alkyl halides is 6. The van der Waals surface area contributed by atoms with Gasteiger partial charge in [0.2, 0.25) is 0 Å². The third-order valence-electron chi connectivity index (χ3n) is 7.16. The Morgan fingerprint density at radius 3 is 1.44 bits per heavy atom. The topological polar surface area (TPSA) is 17.1 Å². The molecule has 0 amide bonds. The smallest absolute Gasteiger partial charge is 0.298 e. The van der Waals surface area contributed by atoms with Crippen LogP contribution in [0.25, 0.3) is 32.0 Å². The highest BCUT2D eigenvalue weighted by Gasteiger charge is 2.80. The Kier molecular flexibility index (Phi) is 6.46. The lowest BCUT2D eigenvalue weighted by Crippen LogP contribution is -2.49. The number of benzene rings is 2. The summed E-state index contributed by atoms with van der Waals surface area (Å²) in [5, 5.41) is 0. The van der Waals surface area contributed by atoms with Crippen LogP contribution in [0, 0.1) is 27.7 Å². The fourth-order valence-corrected chi connectivity index (χ4v) is 7.63. The van der Waals surface area contributed by atoms with Crippen molar-refractivity contribution in [2.75, 3.05) is 0 Å². The van der Waals surface area contributed by atoms with Crippen LogP contribution in [0.4, 0.5) is 26.3 Å². The Morgan fingerprint density at radius 1 is 0.615 bits per heavy atom. The Labute approximate surface area is 229 Å². The Balaban J connectivity index is 1.83. The maximum Gasteiger partial charge on any atom is 0.380 e. The van der Waals surface area contributed by atoms with Gasteiger partial charge in [0.15, 0.2) is 0 Å². The van der Waals surface area contributed by atoms with E-state index in [1.54, 1.807) is 42.5 Å². The second kappa shape index (κ2) is 9.20. The van der Waals surface area contributed by atoms with E-state index < -0.39 is 28.9 Å². The van der Waals surface area contributed by atoms with Crippen LogP contribution in [0.1, 0.15) is 42.4 Å². The Hall–Kier alpha value is -3.17. The summed E-state index contributed by atoms with van der Waals surface area (Å²) >= 11 is 2.17. The van der Waals surface area contributed by atoms with E-state index >= 15 is 26.3 Å². The fourth-order valence-electron chi connectivity index (χ4n) is 5.29. The quantitative estimate of drug-likeness (QED) is 0.171. The van der Waals surface area contributed by atoms with Gasteiger partial charge in [-0.25, -0.2) is 0 Å². The lowest BCUT2D eigenvalue weighted by atomic mass is 9.90. The first-order valence-electron chi connectivity index (χ1n) is 12.0. The number of hydrogen-bond donors (Lipinski definition) is 0. The Bertz CT molecular complexity index is 1630. The number of hydrogen-bond acceptors (Lipinski definition) is 3. The second-order valence-corrected chi connectivity index (χ2v) is 12.0. The summed E-state index contributed by atoms with van der Waals surface area (Å²) in [7, 11) is 0. The van der Waals surface area contributed by atoms with Gasteiger partial charge in [0.05, 0.1) is 0 Å². The number of thiophene rings is 2. The molecule has 0 saturated carbocycles. The molecule has 2 aromatic carbocycles. The number of rotatable bonds is 5. The summed E-state index contributed by atoms with van der Waals surface area (Å²) in [6.07, 6.45) is 0.650. The maximum atomic E-state index is 15.6. The van der Waals surface area contributed by atoms with Gasteiger partial charge in [-0.15, -0.1) is 22.7 Å². The van der Waals surface area contributed by atoms with Gasteiger partial charge in [-0.05, 0) is 49.9 Å². The molecule has 39 heavy (non-hydrogen) atoms. The van der Waals surface area contributed by atoms with E-state index in [-0.39, 0.29) is 32.0 Å². The van der Waals surface area contributed by atoms with Crippen LogP contribution < -0.4 is 0 Å². The normalized spacial score (nSPS) is 17.6. The zero-order chi connectivity index (χ0) is 28.5. The van der Waals surface area contributed by atoms with Gasteiger partial charge < -0.3 is 0 Å². The SMILES string of the molecule is Cc1sc(-c2ccccc2)c(C)c1C1=C(c2c(C)sc(-c3ccc(C=O)cc3)c2C)C(F)(F)C(F)(F)C1(F)F. The van der Waals surface area contributed by atoms with Crippen LogP contribution in [-0.2, 0) is 0 Å². The highest BCUT2D eigenvalue weighted by molar-refractivity contribution is 7.16. The van der Waals surface area contributed by atoms with Gasteiger partial charge in [-0.1, -0.05) is 54.6 Å². The average Bonchev–Trinajstić information content (AvgIpc) is 3.39. The van der Waals surface area contributed by atoms with Crippen molar-refractivity contribution in [1.82, 2.24) is 0 Å². The van der Waals surface area contributed by atoms with Crippen molar-refractivity contribution >= 4 is 40.1 Å². The molecule has 0 radical (unpaired) electrons. The van der Waals surface area contributed by atoms with Crippen molar-refractivity contribution in [3.05, 3.63) is 92.2 Å². The van der Waals surface area contributed by atoms with Crippen molar-refractivity contribution in [2.45, 2.75) is 45.5 Å². The summed E-state index contributed by atoms with van der Waals surface area (Å²) in [5.41, 5.74) is -1.12. The molecule has 2 heterocycles. The van der Waals surface area contributed by atoms with Crippen LogP contribution >= 0.6 is 22.7 Å². The monoisotopic (exact) mass is 576 g/mol. The second-order valence-electron chi connectivity index (χ2n) is 9.55. The molecule has 9 heteroatoms. The molecule has 0 fully saturated rings. The number of halogens is 6. The predicted octanol–water partition coefficient (Wildman–Crippen LogP) is 10.0. The fraction of sp³-hybridized carbons (Fsp3) is 0.233. The van der Waals surface area contributed by atoms with Gasteiger partial charge in [0, 0.05) is 47.3 Å². The third-order valence-corrected chi connectivity index (χ3v) is 9.67. The predicted molar refractivity (Wildman–Crippen MR) is 146 cm³/mol. The largest absolute Gasteiger partial charge is 0.380 e. The molecule has 0 N–H and O–H groups in total. The molecule has 1 aliphatic carbocycles. The Morgan fingerprint density at radius 2 is 1.03 bits per heavy atom. The number of aryl methyl sites for hydroxylation is 2. The molecule has 1 aliphatic rings. The first-order chi connectivity index (χ1) is 18.3. The molecule has 0 bridgehead atoms. The van der Waals surface area contributed by atoms with Gasteiger partial charge in [-0.3, -0.25) is 4.79 Å². The van der Waals surface area contributed by atoms with Crippen LogP contribution in [0.15, 0.2) is 54.6 Å². The van der Waals surface area contributed by atoms with Crippen LogP contribution in [0.3, 0.4) is 0 Å². The standard InChI is InChI=1S/C30H22F6OS2/c1-15-22(17(3)38-26(15)20-8-6-5-7-9-20)24-25(29(33,34)30(35,36)28(24,31)32)23-16(2)27(39-18(23)4)21-12-10-19(14-37)11-13-21/h5-14H,1-4H3. The van der Waals surface area contributed by atoms with Crippen molar-refractivity contribution in [2.24, 2.45) is 0 Å². The molecular formula is C30H22F6OS2. The van der Waals surface area contributed by atoms with E-state index in [0.29, 0.717) is 32.7 Å². The number of carbonyl (C=O) groups is 1. The van der Waals surface area contributed by atoms with E-state index in [0.717, 1.165) is 22.7 Å². The van der Waals surface area contributed by atoms with Gasteiger partial charge in [0.1, 0.15) is 6.29 Å². The highest BCUT2D eigenvalue weighted by Crippen LogP contribution is 2.67. The molecule has 2 aromatic heterocycles. The van der Waals surface area contributed by atoms with E-state index in [1.807, 2.05) is 0 Å². The molecule has 0 spiro atoms.